The summed E-state index contributed by atoms with van der Waals surface area (Å²) >= 11 is 7.51. The van der Waals surface area contributed by atoms with Gasteiger partial charge in [0.05, 0.1) is 16.3 Å². The Morgan fingerprint density at radius 2 is 2.19 bits per heavy atom. The van der Waals surface area contributed by atoms with E-state index in [-0.39, 0.29) is 5.92 Å². The molecule has 0 amide bonds. The summed E-state index contributed by atoms with van der Waals surface area (Å²) in [5, 5.41) is 7.34. The quantitative estimate of drug-likeness (QED) is 0.904. The highest BCUT2D eigenvalue weighted by molar-refractivity contribution is 7.88. The zero-order valence-electron chi connectivity index (χ0n) is 11.5. The van der Waals surface area contributed by atoms with Gasteiger partial charge < -0.3 is 0 Å². The monoisotopic (exact) mass is 345 g/mol. The predicted octanol–water partition coefficient (Wildman–Crippen LogP) is 2.27. The number of aromatic nitrogens is 2. The number of nitrogens with zero attached hydrogens (tertiary/aromatic N) is 2. The van der Waals surface area contributed by atoms with E-state index in [0.29, 0.717) is 13.1 Å². The van der Waals surface area contributed by atoms with E-state index >= 15 is 0 Å². The largest absolute Gasteiger partial charge is 0.282 e. The molecule has 114 valence electrons. The highest BCUT2D eigenvalue weighted by Crippen LogP contribution is 2.28. The molecule has 0 aromatic carbocycles. The summed E-state index contributed by atoms with van der Waals surface area (Å²) in [6.07, 6.45) is 3.05. The second-order valence-corrected chi connectivity index (χ2v) is 9.08. The summed E-state index contributed by atoms with van der Waals surface area (Å²) in [5.74, 6) is 0.209. The van der Waals surface area contributed by atoms with Crippen LogP contribution in [-0.4, -0.2) is 42.3 Å². The first-order valence-electron chi connectivity index (χ1n) is 6.65. The topological polar surface area (TPSA) is 66.1 Å². The second-order valence-electron chi connectivity index (χ2n) is 5.30. The van der Waals surface area contributed by atoms with Crippen LogP contribution in [0.5, 0.6) is 0 Å². The van der Waals surface area contributed by atoms with Gasteiger partial charge in [0.2, 0.25) is 10.0 Å². The molecule has 0 unspecified atom stereocenters. The third kappa shape index (κ3) is 3.48. The minimum absolute atomic E-state index is 0.209. The van der Waals surface area contributed by atoms with Crippen LogP contribution in [0.3, 0.4) is 0 Å². The van der Waals surface area contributed by atoms with Crippen molar-refractivity contribution in [2.75, 3.05) is 19.3 Å². The number of thiophene rings is 1. The van der Waals surface area contributed by atoms with Crippen molar-refractivity contribution in [2.24, 2.45) is 0 Å². The third-order valence-corrected chi connectivity index (χ3v) is 6.18. The zero-order chi connectivity index (χ0) is 15.0. The van der Waals surface area contributed by atoms with Crippen molar-refractivity contribution in [2.45, 2.75) is 18.8 Å². The normalized spacial score (nSPS) is 17.0. The maximum absolute atomic E-state index is 11.3. The lowest BCUT2D eigenvalue weighted by molar-refractivity contribution is 0.262. The molecular weight excluding hydrogens is 330 g/mol. The maximum atomic E-state index is 11.3. The van der Waals surface area contributed by atoms with Crippen LogP contribution in [0.4, 0.5) is 0 Å². The molecule has 3 rings (SSSR count). The number of H-pyrrole nitrogens is 1. The van der Waals surface area contributed by atoms with Gasteiger partial charge in [0, 0.05) is 29.6 Å². The van der Waals surface area contributed by atoms with E-state index in [1.54, 1.807) is 11.3 Å². The Balaban J connectivity index is 1.55. The number of nitrogens with one attached hydrogen (secondary N) is 1. The predicted molar refractivity (Wildman–Crippen MR) is 84.5 cm³/mol. The molecule has 0 spiro atoms. The highest BCUT2D eigenvalue weighted by Gasteiger charge is 2.35. The average Bonchev–Trinajstić information content (AvgIpc) is 2.92. The summed E-state index contributed by atoms with van der Waals surface area (Å²) in [7, 11) is -3.06. The molecule has 2 aromatic heterocycles. The number of aryl methyl sites for hydroxylation is 2. The first kappa shape index (κ1) is 15.0. The van der Waals surface area contributed by atoms with Gasteiger partial charge in [0.1, 0.15) is 0 Å². The van der Waals surface area contributed by atoms with Crippen molar-refractivity contribution in [3.8, 4) is 0 Å². The first-order valence-corrected chi connectivity index (χ1v) is 9.69. The van der Waals surface area contributed by atoms with Crippen LogP contribution in [-0.2, 0) is 22.9 Å². The molecule has 5 nitrogen and oxygen atoms in total. The molecule has 8 heteroatoms. The number of halogens is 1. The lowest BCUT2D eigenvalue weighted by Gasteiger charge is -2.35. The van der Waals surface area contributed by atoms with Gasteiger partial charge in [-0.1, -0.05) is 11.6 Å². The summed E-state index contributed by atoms with van der Waals surface area (Å²) < 4.78 is 25.0. The molecule has 0 atom stereocenters. The van der Waals surface area contributed by atoms with E-state index in [9.17, 15) is 8.42 Å². The molecule has 1 fully saturated rings. The van der Waals surface area contributed by atoms with E-state index in [0.717, 1.165) is 28.6 Å². The SMILES string of the molecule is CS(=O)(=O)N1CC(c2cc(CCc3ccc(Cl)s3)[nH]n2)C1. The van der Waals surface area contributed by atoms with Crippen LogP contribution >= 0.6 is 22.9 Å². The van der Waals surface area contributed by atoms with Crippen molar-refractivity contribution in [1.29, 1.82) is 0 Å². The van der Waals surface area contributed by atoms with Gasteiger partial charge in [0.15, 0.2) is 0 Å². The Labute approximate surface area is 133 Å². The maximum Gasteiger partial charge on any atom is 0.211 e. The molecule has 0 bridgehead atoms. The van der Waals surface area contributed by atoms with Crippen LogP contribution < -0.4 is 0 Å². The second kappa shape index (κ2) is 5.72. The fraction of sp³-hybridized carbons (Fsp3) is 0.462. The Morgan fingerprint density at radius 1 is 1.43 bits per heavy atom. The van der Waals surface area contributed by atoms with Gasteiger partial charge in [-0.05, 0) is 31.0 Å². The lowest BCUT2D eigenvalue weighted by atomic mass is 9.99. The summed E-state index contributed by atoms with van der Waals surface area (Å²) in [5.41, 5.74) is 2.03. The zero-order valence-corrected chi connectivity index (χ0v) is 13.9. The van der Waals surface area contributed by atoms with E-state index in [1.165, 1.54) is 15.4 Å². The smallest absolute Gasteiger partial charge is 0.211 e. The molecule has 0 aliphatic carbocycles. The van der Waals surface area contributed by atoms with Crippen molar-refractivity contribution < 1.29 is 8.42 Å². The van der Waals surface area contributed by atoms with E-state index in [4.69, 9.17) is 11.6 Å². The van der Waals surface area contributed by atoms with Crippen molar-refractivity contribution in [1.82, 2.24) is 14.5 Å². The average molecular weight is 346 g/mol. The third-order valence-electron chi connectivity index (χ3n) is 3.66. The van der Waals surface area contributed by atoms with Crippen LogP contribution in [0, 0.1) is 0 Å². The van der Waals surface area contributed by atoms with Crippen molar-refractivity contribution in [3.63, 3.8) is 0 Å². The van der Waals surface area contributed by atoms with Gasteiger partial charge in [-0.2, -0.15) is 5.10 Å². The van der Waals surface area contributed by atoms with Gasteiger partial charge >= 0.3 is 0 Å². The van der Waals surface area contributed by atoms with E-state index < -0.39 is 10.0 Å². The molecule has 21 heavy (non-hydrogen) atoms. The molecule has 3 heterocycles. The number of hydrogen-bond acceptors (Lipinski definition) is 4. The standard InChI is InChI=1S/C13H16ClN3O2S2/c1-21(18,19)17-7-9(8-17)12-6-10(15-16-12)2-3-11-4-5-13(14)20-11/h4-6,9H,2-3,7-8H2,1H3,(H,15,16). The molecule has 1 aliphatic heterocycles. The minimum Gasteiger partial charge on any atom is -0.282 e. The number of sulfonamides is 1. The minimum atomic E-state index is -3.06. The first-order chi connectivity index (χ1) is 9.91. The van der Waals surface area contributed by atoms with Gasteiger partial charge in [-0.3, -0.25) is 5.10 Å². The van der Waals surface area contributed by atoms with Crippen LogP contribution in [0.2, 0.25) is 4.34 Å². The molecule has 0 saturated carbocycles. The van der Waals surface area contributed by atoms with Crippen molar-refractivity contribution in [3.05, 3.63) is 38.8 Å². The number of rotatable bonds is 5. The van der Waals surface area contributed by atoms with E-state index in [1.807, 2.05) is 18.2 Å². The number of hydrogen-bond donors (Lipinski definition) is 1. The Morgan fingerprint density at radius 3 is 2.81 bits per heavy atom. The Kier molecular flexibility index (Phi) is 4.09. The molecule has 2 aromatic rings. The molecule has 1 aliphatic rings. The Hall–Kier alpha value is -0.890. The Bertz CT molecular complexity index is 732. The van der Waals surface area contributed by atoms with Gasteiger partial charge in [0.25, 0.3) is 0 Å². The molecular formula is C13H16ClN3O2S2. The highest BCUT2D eigenvalue weighted by atomic mass is 35.5. The summed E-state index contributed by atoms with van der Waals surface area (Å²) in [4.78, 5) is 1.25. The van der Waals surface area contributed by atoms with Crippen LogP contribution in [0.1, 0.15) is 22.2 Å². The van der Waals surface area contributed by atoms with Crippen LogP contribution in [0.25, 0.3) is 0 Å². The molecule has 1 N–H and O–H groups in total. The summed E-state index contributed by atoms with van der Waals surface area (Å²) in [6.45, 7) is 1.06. The molecule has 0 radical (unpaired) electrons. The summed E-state index contributed by atoms with van der Waals surface area (Å²) in [6, 6.07) is 5.99. The fourth-order valence-electron chi connectivity index (χ4n) is 2.36. The van der Waals surface area contributed by atoms with Crippen LogP contribution in [0.15, 0.2) is 18.2 Å². The lowest BCUT2D eigenvalue weighted by Crippen LogP contribution is -2.47. The number of aromatic amines is 1. The van der Waals surface area contributed by atoms with Gasteiger partial charge in [-0.15, -0.1) is 11.3 Å². The van der Waals surface area contributed by atoms with Crippen molar-refractivity contribution >= 4 is 33.0 Å². The van der Waals surface area contributed by atoms with E-state index in [2.05, 4.69) is 10.2 Å². The molecule has 1 saturated heterocycles. The fourth-order valence-corrected chi connectivity index (χ4v) is 4.35. The van der Waals surface area contributed by atoms with Gasteiger partial charge in [-0.25, -0.2) is 12.7 Å².